The molecule has 3 aliphatic rings. The molecule has 0 fully saturated rings. The van der Waals surface area contributed by atoms with Crippen LogP contribution in [-0.2, 0) is 38.4 Å². The SMILES string of the molecule is C1=Cc2cccc3cccc1c23.C1=Cc2ccccc2C1.C=C(C)C(=O)OC1CCc2ccccc2C1.C=C(C)C(=O)Oc1ccc(O)cc1.C=C(C)C(=O)Oc1cccc2c(O)cccc12.C=Cc1ccc(O)c2ccccc12.C=Cc1ccc(O)cc1.C=Cc1ccc2cc(O)ccc2c1.C=Cc1cccc(O)c1.C=Cc1cccc2c(O)cccc12.CO.CO.CO. The van der Waals surface area contributed by atoms with Crippen molar-refractivity contribution in [1.29, 1.82) is 0 Å². The van der Waals surface area contributed by atoms with Crippen molar-refractivity contribution < 1.29 is 79.7 Å². The van der Waals surface area contributed by atoms with E-state index in [0.717, 1.165) is 107 Å². The van der Waals surface area contributed by atoms with E-state index < -0.39 is 11.9 Å². The van der Waals surface area contributed by atoms with Gasteiger partial charge in [0.25, 0.3) is 0 Å². The molecular weight excluding hydrogens is 1630 g/mol. The summed E-state index contributed by atoms with van der Waals surface area (Å²) in [6.07, 6.45) is 21.4. The molecule has 18 rings (SSSR count). The topological polar surface area (TPSA) is 281 Å². The number of esters is 3. The Morgan fingerprint density at radius 1 is 0.331 bits per heavy atom. The highest BCUT2D eigenvalue weighted by molar-refractivity contribution is 6.05. The summed E-state index contributed by atoms with van der Waals surface area (Å²) in [5.74, 6) is 1.42. The summed E-state index contributed by atoms with van der Waals surface area (Å²) in [4.78, 5) is 33.9. The van der Waals surface area contributed by atoms with Crippen LogP contribution in [0.2, 0.25) is 0 Å². The van der Waals surface area contributed by atoms with Crippen LogP contribution in [0.1, 0.15) is 88.4 Å². The molecule has 15 aromatic carbocycles. The molecule has 10 N–H and O–H groups in total. The largest absolute Gasteiger partial charge is 0.508 e. The number of aliphatic hydroxyl groups excluding tert-OH is 3. The molecule has 130 heavy (non-hydrogen) atoms. The molecule has 0 aromatic heterocycles. The van der Waals surface area contributed by atoms with Crippen molar-refractivity contribution in [2.75, 3.05) is 21.3 Å². The summed E-state index contributed by atoms with van der Waals surface area (Å²) in [5, 5.41) is 95.8. The monoisotopic (exact) mass is 1740 g/mol. The fraction of sp³-hybridized carbons (Fsp3) is 0.0965. The van der Waals surface area contributed by atoms with Crippen LogP contribution >= 0.6 is 0 Å². The molecule has 16 heteroatoms. The van der Waals surface area contributed by atoms with E-state index in [4.69, 9.17) is 44.8 Å². The van der Waals surface area contributed by atoms with Crippen molar-refractivity contribution in [2.24, 2.45) is 0 Å². The molecule has 0 saturated heterocycles. The van der Waals surface area contributed by atoms with E-state index in [1.54, 1.807) is 136 Å². The number of carbonyl (C=O) groups excluding carboxylic acids is 3. The molecule has 1 unspecified atom stereocenters. The molecule has 0 heterocycles. The van der Waals surface area contributed by atoms with Crippen LogP contribution in [-0.4, -0.2) is 96.4 Å². The summed E-state index contributed by atoms with van der Waals surface area (Å²) >= 11 is 0. The Bertz CT molecular complexity index is 6330. The number of phenolic OH excluding ortho intramolecular Hbond substituents is 7. The van der Waals surface area contributed by atoms with Crippen LogP contribution in [0, 0.1) is 0 Å². The Morgan fingerprint density at radius 2 is 0.754 bits per heavy atom. The van der Waals surface area contributed by atoms with Gasteiger partial charge in [-0.25, -0.2) is 14.4 Å². The average molecular weight is 1740 g/mol. The van der Waals surface area contributed by atoms with Crippen molar-refractivity contribution in [3.05, 3.63) is 440 Å². The van der Waals surface area contributed by atoms with E-state index >= 15 is 0 Å². The summed E-state index contributed by atoms with van der Waals surface area (Å²) in [6.45, 7) is 33.7. The first kappa shape index (κ1) is 103. The Labute approximate surface area is 761 Å². The molecule has 1 atom stereocenters. The Hall–Kier alpha value is -16.1. The van der Waals surface area contributed by atoms with Gasteiger partial charge in [0.15, 0.2) is 0 Å². The minimum atomic E-state index is -0.471. The highest BCUT2D eigenvalue weighted by Crippen LogP contribution is 2.35. The number of hydrogen-bond acceptors (Lipinski definition) is 16. The van der Waals surface area contributed by atoms with Crippen LogP contribution < -0.4 is 9.47 Å². The first-order valence-electron chi connectivity index (χ1n) is 41.2. The third kappa shape index (κ3) is 31.8. The lowest BCUT2D eigenvalue weighted by atomic mass is 9.90. The molecule has 15 aromatic rings. The van der Waals surface area contributed by atoms with E-state index in [2.05, 4.69) is 156 Å². The van der Waals surface area contributed by atoms with Gasteiger partial charge in [0.1, 0.15) is 57.8 Å². The number of ether oxygens (including phenoxy) is 3. The number of allylic oxidation sites excluding steroid dienone is 1. The number of phenols is 7. The normalized spacial score (nSPS) is 11.1. The molecule has 16 nitrogen and oxygen atoms in total. The number of fused-ring (bicyclic) bond motifs is 6. The van der Waals surface area contributed by atoms with Gasteiger partial charge < -0.3 is 65.3 Å². The van der Waals surface area contributed by atoms with Gasteiger partial charge in [-0.3, -0.25) is 0 Å². The number of aromatic hydroxyl groups is 7. The molecule has 0 radical (unpaired) electrons. The smallest absolute Gasteiger partial charge is 0.338 e. The van der Waals surface area contributed by atoms with Gasteiger partial charge in [0.05, 0.1) is 0 Å². The van der Waals surface area contributed by atoms with E-state index in [-0.39, 0.29) is 29.3 Å². The summed E-state index contributed by atoms with van der Waals surface area (Å²) in [7, 11) is 3.00. The number of hydrogen-bond donors (Lipinski definition) is 10. The Kier molecular flexibility index (Phi) is 43.1. The molecule has 0 bridgehead atoms. The fourth-order valence-corrected chi connectivity index (χ4v) is 12.9. The van der Waals surface area contributed by atoms with Crippen molar-refractivity contribution in [1.82, 2.24) is 0 Å². The van der Waals surface area contributed by atoms with Crippen LogP contribution in [0.5, 0.6) is 51.7 Å². The second kappa shape index (κ2) is 54.6. The molecule has 3 aliphatic carbocycles. The Balaban J connectivity index is 0.000000222. The first-order chi connectivity index (χ1) is 62.9. The van der Waals surface area contributed by atoms with Gasteiger partial charge in [-0.2, -0.15) is 0 Å². The predicted molar refractivity (Wildman–Crippen MR) is 538 cm³/mol. The van der Waals surface area contributed by atoms with Crippen LogP contribution in [0.25, 0.3) is 102 Å². The second-order valence-corrected chi connectivity index (χ2v) is 28.6. The van der Waals surface area contributed by atoms with Crippen molar-refractivity contribution in [3.63, 3.8) is 0 Å². The fourth-order valence-electron chi connectivity index (χ4n) is 12.9. The second-order valence-electron chi connectivity index (χ2n) is 28.6. The van der Waals surface area contributed by atoms with Crippen LogP contribution in [0.3, 0.4) is 0 Å². The third-order valence-corrected chi connectivity index (χ3v) is 19.5. The predicted octanol–water partition coefficient (Wildman–Crippen LogP) is 25.6. The number of benzene rings is 15. The maximum absolute atomic E-state index is 11.5. The minimum Gasteiger partial charge on any atom is -0.508 e. The van der Waals surface area contributed by atoms with Gasteiger partial charge in [-0.15, -0.1) is 0 Å². The van der Waals surface area contributed by atoms with Crippen LogP contribution in [0.4, 0.5) is 0 Å². The third-order valence-electron chi connectivity index (χ3n) is 19.5. The van der Waals surface area contributed by atoms with Gasteiger partial charge in [0.2, 0.25) is 0 Å². The molecule has 0 saturated carbocycles. The quantitative estimate of drug-likeness (QED) is 0.0327. The van der Waals surface area contributed by atoms with E-state index in [0.29, 0.717) is 62.0 Å². The summed E-state index contributed by atoms with van der Waals surface area (Å²) in [5.41, 5.74) is 14.5. The number of aliphatic hydroxyl groups is 3. The number of aryl methyl sites for hydroxylation is 1. The lowest BCUT2D eigenvalue weighted by Crippen LogP contribution is -2.25. The number of rotatable bonds is 11. The maximum atomic E-state index is 11.5. The first-order valence-corrected chi connectivity index (χ1v) is 41.2. The minimum absolute atomic E-state index is 0.0131. The Morgan fingerprint density at radius 3 is 1.32 bits per heavy atom. The zero-order valence-electron chi connectivity index (χ0n) is 74.0. The van der Waals surface area contributed by atoms with Gasteiger partial charge in [0, 0.05) is 66.0 Å². The zero-order chi connectivity index (χ0) is 95.0. The molecule has 0 aliphatic heterocycles. The highest BCUT2D eigenvalue weighted by Gasteiger charge is 2.22. The standard InChI is InChI=1S/C14H12O3.C14H16O2.3C12H10O.C12H8.C10H10O3.C9H8.2C8H8O.3CH4O/c1-9(2)14(16)17-13-8-4-5-10-11(13)6-3-7-12(10)15;1-10(2)14(15)16-13-8-7-11-5-3-4-6-12(11)9-13;1-2-9-5-3-7-11-10(9)6-4-8-12(11)13;1-2-9-3-4-11-8-12(13)6-5-10(11)7-9;1-2-9-7-8-12(13)11-6-4-3-5-10(9)11;1-3-9-4-2-6-11-8-7-10(5-1)12(9)11;1-7(2)10(12)13-9-5-3-8(11)4-6-9;1-2-5-9-7-3-6-8(9)4-1;1-2-7-3-5-8(9)6-4-7;1-2-7-4-3-5-8(9)6-7;3*1-2/h3-8,15H,1H2,2H3;3-6,13H,1,7-9H2,2H3;3*2-8,13H,1H2;1-8H;3-6,11H,1H2,2H3;1-6H,7H2;2*2-6,9H,1H2;3*2H,1H3. The lowest BCUT2D eigenvalue weighted by molar-refractivity contribution is -0.144. The van der Waals surface area contributed by atoms with E-state index in [1.165, 1.54) is 68.4 Å². The molecule has 0 amide bonds. The lowest BCUT2D eigenvalue weighted by Gasteiger charge is -2.24. The maximum Gasteiger partial charge on any atom is 0.338 e. The van der Waals surface area contributed by atoms with Gasteiger partial charge in [-0.1, -0.05) is 320 Å². The average Bonchev–Trinajstić information content (AvgIpc) is 1.67. The van der Waals surface area contributed by atoms with Crippen LogP contribution in [0.15, 0.2) is 379 Å². The van der Waals surface area contributed by atoms with Gasteiger partial charge in [-0.05, 0) is 225 Å². The van der Waals surface area contributed by atoms with Crippen molar-refractivity contribution >= 4 is 120 Å². The summed E-state index contributed by atoms with van der Waals surface area (Å²) in [6, 6.07) is 93.7. The zero-order valence-corrected chi connectivity index (χ0v) is 74.0. The molecular formula is C114H112O16. The van der Waals surface area contributed by atoms with Crippen molar-refractivity contribution in [3.8, 4) is 51.7 Å². The molecule has 664 valence electrons. The number of carbonyl (C=O) groups is 3. The molecule has 0 spiro atoms. The van der Waals surface area contributed by atoms with E-state index in [1.807, 2.05) is 115 Å². The highest BCUT2D eigenvalue weighted by atomic mass is 16.5. The van der Waals surface area contributed by atoms with Gasteiger partial charge >= 0.3 is 17.9 Å². The van der Waals surface area contributed by atoms with E-state index in [9.17, 15) is 34.8 Å². The summed E-state index contributed by atoms with van der Waals surface area (Å²) < 4.78 is 15.4. The van der Waals surface area contributed by atoms with Crippen molar-refractivity contribution in [2.45, 2.75) is 52.6 Å².